The number of carboxylic acid groups (broad SMARTS) is 1. The number of hydrogen-bond acceptors (Lipinski definition) is 4. The third kappa shape index (κ3) is 1.87. The number of benzene rings is 1. The number of β-lactam (4-membered cyclic amide) rings is 1. The predicted octanol–water partition coefficient (Wildman–Crippen LogP) is 1.81. The van der Waals surface area contributed by atoms with Gasteiger partial charge in [-0.25, -0.2) is 4.79 Å². The molecule has 0 bridgehead atoms. The van der Waals surface area contributed by atoms with Gasteiger partial charge in [-0.2, -0.15) is 0 Å². The lowest BCUT2D eigenvalue weighted by molar-refractivity contribution is -0.145. The SMILES string of the molecule is CN(C)c1cccc(C2=C(C(=O)O)N3C(=O)C[C@H]3S2)c1. The van der Waals surface area contributed by atoms with Crippen LogP contribution in [0.2, 0.25) is 0 Å². The smallest absolute Gasteiger partial charge is 0.353 e. The van der Waals surface area contributed by atoms with Crippen molar-refractivity contribution in [1.82, 2.24) is 4.90 Å². The highest BCUT2D eigenvalue weighted by molar-refractivity contribution is 8.09. The second kappa shape index (κ2) is 4.56. The van der Waals surface area contributed by atoms with Crippen molar-refractivity contribution in [3.8, 4) is 0 Å². The highest BCUT2D eigenvalue weighted by Gasteiger charge is 2.48. The van der Waals surface area contributed by atoms with Gasteiger partial charge >= 0.3 is 5.97 Å². The first-order chi connectivity index (χ1) is 9.49. The third-order valence-electron chi connectivity index (χ3n) is 3.44. The van der Waals surface area contributed by atoms with Crippen molar-refractivity contribution in [3.63, 3.8) is 0 Å². The largest absolute Gasteiger partial charge is 0.477 e. The number of rotatable bonds is 3. The Kier molecular flexibility index (Phi) is 2.97. The number of fused-ring (bicyclic) bond motifs is 1. The minimum Gasteiger partial charge on any atom is -0.477 e. The number of carbonyl (C=O) groups is 2. The Bertz CT molecular complexity index is 639. The number of amides is 1. The van der Waals surface area contributed by atoms with Crippen molar-refractivity contribution in [2.75, 3.05) is 19.0 Å². The van der Waals surface area contributed by atoms with Crippen LogP contribution in [0.1, 0.15) is 12.0 Å². The van der Waals surface area contributed by atoms with Crippen molar-refractivity contribution < 1.29 is 14.7 Å². The molecule has 104 valence electrons. The molecule has 0 aliphatic carbocycles. The van der Waals surface area contributed by atoms with Crippen LogP contribution in [0.5, 0.6) is 0 Å². The molecule has 2 heterocycles. The normalized spacial score (nSPS) is 20.8. The number of nitrogens with zero attached hydrogens (tertiary/aromatic N) is 2. The number of hydrogen-bond donors (Lipinski definition) is 1. The average Bonchev–Trinajstić information content (AvgIpc) is 2.72. The summed E-state index contributed by atoms with van der Waals surface area (Å²) in [6, 6.07) is 7.69. The van der Waals surface area contributed by atoms with Crippen LogP contribution in [-0.2, 0) is 9.59 Å². The number of aliphatic carboxylic acids is 1. The lowest BCUT2D eigenvalue weighted by Crippen LogP contribution is -2.48. The van der Waals surface area contributed by atoms with E-state index in [1.54, 1.807) is 0 Å². The van der Waals surface area contributed by atoms with Crippen molar-refractivity contribution >= 4 is 34.2 Å². The minimum atomic E-state index is -1.04. The molecular formula is C14H14N2O3S. The topological polar surface area (TPSA) is 60.9 Å². The number of carboxylic acids is 1. The molecule has 0 unspecified atom stereocenters. The summed E-state index contributed by atoms with van der Waals surface area (Å²) in [5, 5.41) is 9.34. The van der Waals surface area contributed by atoms with E-state index in [1.807, 2.05) is 43.3 Å². The first kappa shape index (κ1) is 13.1. The number of thioether (sulfide) groups is 1. The van der Waals surface area contributed by atoms with Crippen LogP contribution >= 0.6 is 11.8 Å². The molecule has 0 spiro atoms. The van der Waals surface area contributed by atoms with E-state index in [-0.39, 0.29) is 17.0 Å². The van der Waals surface area contributed by atoms with Crippen LogP contribution in [0.4, 0.5) is 5.69 Å². The summed E-state index contributed by atoms with van der Waals surface area (Å²) < 4.78 is 0. The fourth-order valence-electron chi connectivity index (χ4n) is 2.38. The summed E-state index contributed by atoms with van der Waals surface area (Å²) in [6.07, 6.45) is 0.415. The van der Waals surface area contributed by atoms with Gasteiger partial charge in [-0.3, -0.25) is 9.69 Å². The van der Waals surface area contributed by atoms with E-state index in [0.717, 1.165) is 11.3 Å². The fraction of sp³-hybridized carbons (Fsp3) is 0.286. The molecule has 1 amide bonds. The maximum Gasteiger partial charge on any atom is 0.353 e. The maximum absolute atomic E-state index is 11.6. The molecule has 6 heteroatoms. The second-order valence-corrected chi connectivity index (χ2v) is 6.16. The molecule has 3 rings (SSSR count). The van der Waals surface area contributed by atoms with Crippen molar-refractivity contribution in [2.45, 2.75) is 11.8 Å². The lowest BCUT2D eigenvalue weighted by Gasteiger charge is -2.33. The summed E-state index contributed by atoms with van der Waals surface area (Å²) in [6.45, 7) is 0. The summed E-state index contributed by atoms with van der Waals surface area (Å²) in [5.74, 6) is -1.16. The zero-order valence-electron chi connectivity index (χ0n) is 11.2. The van der Waals surface area contributed by atoms with Gasteiger partial charge in [0.25, 0.3) is 0 Å². The Morgan fingerprint density at radius 1 is 1.45 bits per heavy atom. The van der Waals surface area contributed by atoms with E-state index in [4.69, 9.17) is 0 Å². The van der Waals surface area contributed by atoms with Crippen LogP contribution < -0.4 is 4.90 Å². The van der Waals surface area contributed by atoms with Gasteiger partial charge in [-0.1, -0.05) is 23.9 Å². The Morgan fingerprint density at radius 2 is 2.20 bits per heavy atom. The molecule has 5 nitrogen and oxygen atoms in total. The molecule has 20 heavy (non-hydrogen) atoms. The van der Waals surface area contributed by atoms with Gasteiger partial charge in [-0.05, 0) is 17.7 Å². The van der Waals surface area contributed by atoms with E-state index in [9.17, 15) is 14.7 Å². The quantitative estimate of drug-likeness (QED) is 0.860. The van der Waals surface area contributed by atoms with Gasteiger partial charge in [0.2, 0.25) is 5.91 Å². The van der Waals surface area contributed by atoms with E-state index < -0.39 is 5.97 Å². The molecule has 0 radical (unpaired) electrons. The monoisotopic (exact) mass is 290 g/mol. The van der Waals surface area contributed by atoms with Gasteiger partial charge in [0.15, 0.2) is 0 Å². The third-order valence-corrected chi connectivity index (χ3v) is 4.76. The van der Waals surface area contributed by atoms with E-state index in [1.165, 1.54) is 16.7 Å². The molecule has 1 aromatic carbocycles. The summed E-state index contributed by atoms with van der Waals surface area (Å²) in [5.41, 5.74) is 1.97. The predicted molar refractivity (Wildman–Crippen MR) is 78.2 cm³/mol. The van der Waals surface area contributed by atoms with Crippen molar-refractivity contribution in [2.24, 2.45) is 0 Å². The molecule has 1 aromatic rings. The molecular weight excluding hydrogens is 276 g/mol. The molecule has 0 saturated carbocycles. The van der Waals surface area contributed by atoms with E-state index in [2.05, 4.69) is 0 Å². The first-order valence-corrected chi connectivity index (χ1v) is 7.11. The molecule has 2 aliphatic heterocycles. The van der Waals surface area contributed by atoms with Crippen molar-refractivity contribution in [3.05, 3.63) is 35.5 Å². The molecule has 0 aromatic heterocycles. The minimum absolute atomic E-state index is 0.0494. The Morgan fingerprint density at radius 3 is 2.80 bits per heavy atom. The Hall–Kier alpha value is -1.95. The molecule has 1 fully saturated rings. The zero-order valence-corrected chi connectivity index (χ0v) is 12.0. The van der Waals surface area contributed by atoms with E-state index in [0.29, 0.717) is 11.3 Å². The lowest BCUT2D eigenvalue weighted by atomic mass is 10.1. The Labute approximate surface area is 120 Å². The van der Waals surface area contributed by atoms with Gasteiger partial charge in [0.1, 0.15) is 5.70 Å². The van der Waals surface area contributed by atoms with Crippen LogP contribution in [0.3, 0.4) is 0 Å². The standard InChI is InChI=1S/C14H14N2O3S/c1-15(2)9-5-3-4-8(6-9)13-12(14(18)19)16-10(17)7-11(16)20-13/h3-6,11H,7H2,1-2H3,(H,18,19)/t11-/m1/s1. The van der Waals surface area contributed by atoms with Gasteiger partial charge in [0, 0.05) is 24.7 Å². The zero-order chi connectivity index (χ0) is 14.4. The molecule has 1 atom stereocenters. The number of anilines is 1. The number of carbonyl (C=O) groups excluding carboxylic acids is 1. The summed E-state index contributed by atoms with van der Waals surface area (Å²) in [7, 11) is 3.87. The summed E-state index contributed by atoms with van der Waals surface area (Å²) in [4.78, 5) is 27.1. The second-order valence-electron chi connectivity index (χ2n) is 4.97. The van der Waals surface area contributed by atoms with Crippen LogP contribution in [0, 0.1) is 0 Å². The Balaban J connectivity index is 2.07. The molecule has 1 saturated heterocycles. The first-order valence-electron chi connectivity index (χ1n) is 6.23. The van der Waals surface area contributed by atoms with Crippen LogP contribution in [0.25, 0.3) is 4.91 Å². The average molecular weight is 290 g/mol. The van der Waals surface area contributed by atoms with E-state index >= 15 is 0 Å². The molecule has 2 aliphatic rings. The highest BCUT2D eigenvalue weighted by atomic mass is 32.2. The maximum atomic E-state index is 11.6. The van der Waals surface area contributed by atoms with Gasteiger partial charge in [0.05, 0.1) is 11.8 Å². The van der Waals surface area contributed by atoms with Crippen LogP contribution in [-0.4, -0.2) is 41.4 Å². The fourth-order valence-corrected chi connectivity index (χ4v) is 3.77. The summed E-state index contributed by atoms with van der Waals surface area (Å²) >= 11 is 1.46. The molecule has 1 N–H and O–H groups in total. The highest BCUT2D eigenvalue weighted by Crippen LogP contribution is 2.50. The van der Waals surface area contributed by atoms with Crippen LogP contribution in [0.15, 0.2) is 30.0 Å². The van der Waals surface area contributed by atoms with Gasteiger partial charge in [-0.15, -0.1) is 0 Å². The van der Waals surface area contributed by atoms with Crippen molar-refractivity contribution in [1.29, 1.82) is 0 Å². The van der Waals surface area contributed by atoms with Gasteiger partial charge < -0.3 is 10.0 Å².